The van der Waals surface area contributed by atoms with Crippen molar-refractivity contribution in [3.05, 3.63) is 30.0 Å². The summed E-state index contributed by atoms with van der Waals surface area (Å²) in [5, 5.41) is 21.9. The van der Waals surface area contributed by atoms with Gasteiger partial charge in [-0.05, 0) is 18.1 Å². The topological polar surface area (TPSA) is 107 Å². The van der Waals surface area contributed by atoms with Gasteiger partial charge in [-0.3, -0.25) is 0 Å². The zero-order valence-electron chi connectivity index (χ0n) is 9.14. The van der Waals surface area contributed by atoms with Crippen molar-refractivity contribution in [1.82, 2.24) is 9.97 Å². The van der Waals surface area contributed by atoms with E-state index >= 15 is 0 Å². The van der Waals surface area contributed by atoms with Crippen molar-refractivity contribution in [2.75, 3.05) is 17.6 Å². The highest BCUT2D eigenvalue weighted by Crippen LogP contribution is 2.28. The van der Waals surface area contributed by atoms with E-state index in [0.717, 1.165) is 0 Å². The third-order valence-corrected chi connectivity index (χ3v) is 2.38. The van der Waals surface area contributed by atoms with E-state index in [-0.39, 0.29) is 11.5 Å². The number of hydrogen-bond donors (Lipinski definition) is 5. The average Bonchev–Trinajstić information content (AvgIpc) is 2.70. The van der Waals surface area contributed by atoms with Crippen LogP contribution in [0.25, 0.3) is 0 Å². The zero-order valence-corrected chi connectivity index (χ0v) is 9.14. The second-order valence-electron chi connectivity index (χ2n) is 3.65. The van der Waals surface area contributed by atoms with Gasteiger partial charge < -0.3 is 26.2 Å². The molecular weight excluding hydrogens is 220 g/mol. The highest BCUT2D eigenvalue weighted by molar-refractivity contribution is 5.45. The second kappa shape index (κ2) is 4.65. The van der Waals surface area contributed by atoms with Crippen molar-refractivity contribution >= 4 is 11.8 Å². The standard InChI is InChI=1S/C11H14N4O2/c12-9-6-14-11(15-9)13-5-4-7-2-1-3-8(16)10(7)17/h1-3,6,16-17H,4-5,12H2,(H2,13,14,15). The van der Waals surface area contributed by atoms with Gasteiger partial charge in [0.2, 0.25) is 5.95 Å². The summed E-state index contributed by atoms with van der Waals surface area (Å²) in [6, 6.07) is 4.89. The Bertz CT molecular complexity index is 510. The van der Waals surface area contributed by atoms with Crippen LogP contribution in [0.5, 0.6) is 11.5 Å². The first kappa shape index (κ1) is 11.1. The molecule has 1 aromatic heterocycles. The molecule has 1 heterocycles. The molecule has 0 aliphatic carbocycles. The molecule has 6 N–H and O–H groups in total. The Hall–Kier alpha value is -2.37. The van der Waals surface area contributed by atoms with Gasteiger partial charge in [-0.25, -0.2) is 4.98 Å². The lowest BCUT2D eigenvalue weighted by molar-refractivity contribution is 0.399. The van der Waals surface area contributed by atoms with Crippen molar-refractivity contribution in [2.45, 2.75) is 6.42 Å². The molecule has 0 aliphatic rings. The highest BCUT2D eigenvalue weighted by Gasteiger charge is 2.05. The first-order valence-corrected chi connectivity index (χ1v) is 5.21. The fourth-order valence-electron chi connectivity index (χ4n) is 1.52. The van der Waals surface area contributed by atoms with Gasteiger partial charge in [0.15, 0.2) is 11.5 Å². The normalized spacial score (nSPS) is 10.4. The van der Waals surface area contributed by atoms with E-state index in [0.29, 0.717) is 30.3 Å². The van der Waals surface area contributed by atoms with Gasteiger partial charge in [0.25, 0.3) is 0 Å². The number of phenols is 2. The summed E-state index contributed by atoms with van der Waals surface area (Å²) in [4.78, 5) is 6.82. The molecule has 0 saturated heterocycles. The molecule has 0 fully saturated rings. The van der Waals surface area contributed by atoms with Crippen LogP contribution in [-0.4, -0.2) is 26.7 Å². The minimum atomic E-state index is -0.107. The van der Waals surface area contributed by atoms with Gasteiger partial charge in [-0.1, -0.05) is 12.1 Å². The summed E-state index contributed by atoms with van der Waals surface area (Å²) in [5.41, 5.74) is 6.15. The summed E-state index contributed by atoms with van der Waals surface area (Å²) >= 11 is 0. The molecule has 0 saturated carbocycles. The number of nitrogens with two attached hydrogens (primary N) is 1. The lowest BCUT2D eigenvalue weighted by atomic mass is 10.1. The van der Waals surface area contributed by atoms with Crippen LogP contribution >= 0.6 is 0 Å². The maximum Gasteiger partial charge on any atom is 0.201 e. The maximum absolute atomic E-state index is 9.58. The van der Waals surface area contributed by atoms with Gasteiger partial charge in [0.1, 0.15) is 5.82 Å². The van der Waals surface area contributed by atoms with Gasteiger partial charge in [-0.15, -0.1) is 0 Å². The molecule has 6 heteroatoms. The smallest absolute Gasteiger partial charge is 0.201 e. The SMILES string of the molecule is Nc1cnc(NCCc2cccc(O)c2O)[nH]1. The fourth-order valence-corrected chi connectivity index (χ4v) is 1.52. The molecule has 0 atom stereocenters. The molecule has 0 spiro atoms. The Morgan fingerprint density at radius 1 is 1.35 bits per heavy atom. The molecule has 6 nitrogen and oxygen atoms in total. The van der Waals surface area contributed by atoms with Crippen LogP contribution in [0.3, 0.4) is 0 Å². The molecule has 0 amide bonds. The van der Waals surface area contributed by atoms with E-state index < -0.39 is 0 Å². The van der Waals surface area contributed by atoms with Crippen LogP contribution in [0, 0.1) is 0 Å². The van der Waals surface area contributed by atoms with Gasteiger partial charge in [-0.2, -0.15) is 0 Å². The van der Waals surface area contributed by atoms with E-state index in [2.05, 4.69) is 15.3 Å². The van der Waals surface area contributed by atoms with E-state index in [4.69, 9.17) is 5.73 Å². The van der Waals surface area contributed by atoms with Crippen molar-refractivity contribution in [3.63, 3.8) is 0 Å². The maximum atomic E-state index is 9.58. The van der Waals surface area contributed by atoms with Crippen molar-refractivity contribution in [2.24, 2.45) is 0 Å². The number of aromatic nitrogens is 2. The minimum Gasteiger partial charge on any atom is -0.504 e. The molecule has 0 bridgehead atoms. The van der Waals surface area contributed by atoms with Crippen LogP contribution in [0.1, 0.15) is 5.56 Å². The molecule has 0 radical (unpaired) electrons. The number of phenolic OH excluding ortho intramolecular Hbond substituents is 2. The monoisotopic (exact) mass is 234 g/mol. The number of hydrogen-bond acceptors (Lipinski definition) is 5. The number of benzene rings is 1. The molecule has 1 aromatic carbocycles. The van der Waals surface area contributed by atoms with Crippen molar-refractivity contribution in [1.29, 1.82) is 0 Å². The first-order valence-electron chi connectivity index (χ1n) is 5.21. The predicted molar refractivity (Wildman–Crippen MR) is 65.0 cm³/mol. The number of rotatable bonds is 4. The number of nitrogen functional groups attached to an aromatic ring is 1. The molecule has 0 aliphatic heterocycles. The van der Waals surface area contributed by atoms with Crippen molar-refractivity contribution < 1.29 is 10.2 Å². The Balaban J connectivity index is 1.92. The number of aromatic hydroxyl groups is 2. The fraction of sp³-hybridized carbons (Fsp3) is 0.182. The summed E-state index contributed by atoms with van der Waals surface area (Å²) in [6.45, 7) is 0.573. The number of imidazole rings is 1. The molecule has 17 heavy (non-hydrogen) atoms. The van der Waals surface area contributed by atoms with Gasteiger partial charge in [0, 0.05) is 6.54 Å². The molecule has 90 valence electrons. The lowest BCUT2D eigenvalue weighted by Crippen LogP contribution is -2.06. The Morgan fingerprint density at radius 2 is 2.18 bits per heavy atom. The van der Waals surface area contributed by atoms with Gasteiger partial charge >= 0.3 is 0 Å². The number of H-pyrrole nitrogens is 1. The van der Waals surface area contributed by atoms with Crippen molar-refractivity contribution in [3.8, 4) is 11.5 Å². The van der Waals surface area contributed by atoms with E-state index in [1.807, 2.05) is 0 Å². The molecule has 0 unspecified atom stereocenters. The van der Waals surface area contributed by atoms with Crippen LogP contribution in [0.4, 0.5) is 11.8 Å². The summed E-state index contributed by atoms with van der Waals surface area (Å²) < 4.78 is 0. The Labute approximate surface area is 98.1 Å². The van der Waals surface area contributed by atoms with E-state index in [9.17, 15) is 10.2 Å². The Morgan fingerprint density at radius 3 is 2.88 bits per heavy atom. The summed E-state index contributed by atoms with van der Waals surface area (Å²) in [6.07, 6.45) is 2.09. The van der Waals surface area contributed by atoms with Crippen LogP contribution in [0.15, 0.2) is 24.4 Å². The summed E-state index contributed by atoms with van der Waals surface area (Å²) in [5.74, 6) is 0.896. The number of aromatic amines is 1. The van der Waals surface area contributed by atoms with E-state index in [1.165, 1.54) is 12.3 Å². The number of nitrogens with zero attached hydrogens (tertiary/aromatic N) is 1. The molecule has 2 rings (SSSR count). The lowest BCUT2D eigenvalue weighted by Gasteiger charge is -2.06. The molecule has 2 aromatic rings. The number of para-hydroxylation sites is 1. The first-order chi connectivity index (χ1) is 8.16. The van der Waals surface area contributed by atoms with Crippen LogP contribution in [0.2, 0.25) is 0 Å². The highest BCUT2D eigenvalue weighted by atomic mass is 16.3. The number of nitrogens with one attached hydrogen (secondary N) is 2. The quantitative estimate of drug-likeness (QED) is 0.508. The van der Waals surface area contributed by atoms with Crippen LogP contribution in [-0.2, 0) is 6.42 Å². The minimum absolute atomic E-state index is 0.0757. The van der Waals surface area contributed by atoms with E-state index in [1.54, 1.807) is 12.1 Å². The summed E-state index contributed by atoms with van der Waals surface area (Å²) in [7, 11) is 0. The third kappa shape index (κ3) is 2.60. The largest absolute Gasteiger partial charge is 0.504 e. The third-order valence-electron chi connectivity index (χ3n) is 2.38. The predicted octanol–water partition coefficient (Wildman–Crippen LogP) is 1.06. The zero-order chi connectivity index (χ0) is 12.3. The average molecular weight is 234 g/mol. The number of anilines is 2. The van der Waals surface area contributed by atoms with Gasteiger partial charge in [0.05, 0.1) is 6.20 Å². The second-order valence-corrected chi connectivity index (χ2v) is 3.65. The Kier molecular flexibility index (Phi) is 3.04. The molecular formula is C11H14N4O2. The van der Waals surface area contributed by atoms with Crippen LogP contribution < -0.4 is 11.1 Å².